The van der Waals surface area contributed by atoms with Gasteiger partial charge in [0.1, 0.15) is 5.75 Å². The first kappa shape index (κ1) is 14.6. The molecule has 1 aliphatic heterocycles. The standard InChI is InChI=1S/C16H17NO5/c18-10-11-8-12(19)9-17(11)16(20)14-6-7-15(22-14)21-13-4-2-1-3-5-13/h1-7,11-12,18-19H,8-10H2/t11-,12-/m0/s1. The predicted octanol–water partition coefficient (Wildman–Crippen LogP) is 1.64. The maximum absolute atomic E-state index is 12.4. The van der Waals surface area contributed by atoms with E-state index in [0.29, 0.717) is 12.2 Å². The van der Waals surface area contributed by atoms with Gasteiger partial charge in [-0.25, -0.2) is 0 Å². The molecule has 2 heterocycles. The van der Waals surface area contributed by atoms with Crippen LogP contribution in [0.15, 0.2) is 46.9 Å². The second kappa shape index (κ2) is 6.21. The van der Waals surface area contributed by atoms with Crippen molar-refractivity contribution >= 4 is 5.91 Å². The quantitative estimate of drug-likeness (QED) is 0.897. The first-order valence-electron chi connectivity index (χ1n) is 7.10. The number of furan rings is 1. The molecular formula is C16H17NO5. The van der Waals surface area contributed by atoms with Crippen molar-refractivity contribution in [2.24, 2.45) is 0 Å². The molecule has 0 spiro atoms. The summed E-state index contributed by atoms with van der Waals surface area (Å²) < 4.78 is 10.9. The summed E-state index contributed by atoms with van der Waals surface area (Å²) in [6.07, 6.45) is -0.243. The Morgan fingerprint density at radius 1 is 1.27 bits per heavy atom. The van der Waals surface area contributed by atoms with E-state index < -0.39 is 6.10 Å². The van der Waals surface area contributed by atoms with E-state index in [-0.39, 0.29) is 36.8 Å². The van der Waals surface area contributed by atoms with Gasteiger partial charge in [0.15, 0.2) is 5.76 Å². The highest BCUT2D eigenvalue weighted by Gasteiger charge is 2.35. The van der Waals surface area contributed by atoms with Gasteiger partial charge in [-0.2, -0.15) is 0 Å². The summed E-state index contributed by atoms with van der Waals surface area (Å²) in [5.41, 5.74) is 0. The lowest BCUT2D eigenvalue weighted by atomic mass is 10.2. The fourth-order valence-corrected chi connectivity index (χ4v) is 2.55. The third kappa shape index (κ3) is 2.98. The average molecular weight is 303 g/mol. The number of hydrogen-bond acceptors (Lipinski definition) is 5. The van der Waals surface area contributed by atoms with E-state index >= 15 is 0 Å². The Bertz CT molecular complexity index is 639. The van der Waals surface area contributed by atoms with Crippen molar-refractivity contribution in [3.8, 4) is 11.7 Å². The van der Waals surface area contributed by atoms with E-state index in [1.54, 1.807) is 18.2 Å². The molecule has 1 saturated heterocycles. The number of aliphatic hydroxyl groups is 2. The van der Waals surface area contributed by atoms with Gasteiger partial charge in [0.05, 0.1) is 18.8 Å². The van der Waals surface area contributed by atoms with Crippen LogP contribution in [0.4, 0.5) is 0 Å². The van der Waals surface area contributed by atoms with E-state index in [1.165, 1.54) is 11.0 Å². The molecule has 1 aromatic carbocycles. The number of benzene rings is 1. The van der Waals surface area contributed by atoms with Gasteiger partial charge >= 0.3 is 0 Å². The maximum atomic E-state index is 12.4. The maximum Gasteiger partial charge on any atom is 0.290 e. The van der Waals surface area contributed by atoms with Crippen LogP contribution in [0.25, 0.3) is 0 Å². The van der Waals surface area contributed by atoms with Crippen LogP contribution >= 0.6 is 0 Å². The summed E-state index contributed by atoms with van der Waals surface area (Å²) in [5.74, 6) is 0.590. The fraction of sp³-hybridized carbons (Fsp3) is 0.312. The van der Waals surface area contributed by atoms with Crippen molar-refractivity contribution in [2.45, 2.75) is 18.6 Å². The molecule has 0 radical (unpaired) electrons. The lowest BCUT2D eigenvalue weighted by Gasteiger charge is -2.21. The molecular weight excluding hydrogens is 286 g/mol. The van der Waals surface area contributed by atoms with Crippen molar-refractivity contribution in [1.82, 2.24) is 4.90 Å². The Labute approximate surface area is 127 Å². The van der Waals surface area contributed by atoms with Crippen LogP contribution in [-0.4, -0.2) is 46.3 Å². The van der Waals surface area contributed by atoms with Crippen LogP contribution < -0.4 is 4.74 Å². The van der Waals surface area contributed by atoms with Crippen molar-refractivity contribution in [1.29, 1.82) is 0 Å². The Hall–Kier alpha value is -2.31. The van der Waals surface area contributed by atoms with Crippen LogP contribution in [0.1, 0.15) is 17.0 Å². The van der Waals surface area contributed by atoms with Gasteiger partial charge in [-0.1, -0.05) is 18.2 Å². The fourth-order valence-electron chi connectivity index (χ4n) is 2.55. The second-order valence-corrected chi connectivity index (χ2v) is 5.22. The van der Waals surface area contributed by atoms with Crippen molar-refractivity contribution in [3.05, 3.63) is 48.2 Å². The second-order valence-electron chi connectivity index (χ2n) is 5.22. The number of rotatable bonds is 4. The molecule has 1 aliphatic rings. The van der Waals surface area contributed by atoms with E-state index in [0.717, 1.165) is 0 Å². The lowest BCUT2D eigenvalue weighted by Crippen LogP contribution is -2.37. The van der Waals surface area contributed by atoms with Crippen molar-refractivity contribution < 1.29 is 24.2 Å². The number of para-hydroxylation sites is 1. The van der Waals surface area contributed by atoms with E-state index in [2.05, 4.69) is 0 Å². The zero-order chi connectivity index (χ0) is 15.5. The summed E-state index contributed by atoms with van der Waals surface area (Å²) >= 11 is 0. The molecule has 1 fully saturated rings. The molecule has 2 atom stereocenters. The summed E-state index contributed by atoms with van der Waals surface area (Å²) in [6, 6.07) is 11.8. The van der Waals surface area contributed by atoms with Gasteiger partial charge in [0.25, 0.3) is 11.9 Å². The van der Waals surface area contributed by atoms with Crippen LogP contribution in [-0.2, 0) is 0 Å². The lowest BCUT2D eigenvalue weighted by molar-refractivity contribution is 0.0628. The number of nitrogens with zero attached hydrogens (tertiary/aromatic N) is 1. The number of carbonyl (C=O) groups is 1. The van der Waals surface area contributed by atoms with E-state index in [1.807, 2.05) is 18.2 Å². The molecule has 1 amide bonds. The average Bonchev–Trinajstić information content (AvgIpc) is 3.14. The molecule has 22 heavy (non-hydrogen) atoms. The molecule has 116 valence electrons. The number of hydrogen-bond donors (Lipinski definition) is 2. The molecule has 0 unspecified atom stereocenters. The summed E-state index contributed by atoms with van der Waals surface area (Å²) in [7, 11) is 0. The molecule has 0 saturated carbocycles. The molecule has 2 N–H and O–H groups in total. The number of amides is 1. The summed E-state index contributed by atoms with van der Waals surface area (Å²) in [5, 5.41) is 18.9. The Morgan fingerprint density at radius 3 is 2.77 bits per heavy atom. The van der Waals surface area contributed by atoms with E-state index in [9.17, 15) is 15.0 Å². The van der Waals surface area contributed by atoms with Gasteiger partial charge in [-0.3, -0.25) is 4.79 Å². The van der Waals surface area contributed by atoms with Gasteiger partial charge in [-0.05, 0) is 24.6 Å². The van der Waals surface area contributed by atoms with Crippen LogP contribution in [0.5, 0.6) is 11.7 Å². The minimum Gasteiger partial charge on any atom is -0.426 e. The Morgan fingerprint density at radius 2 is 2.05 bits per heavy atom. The summed E-state index contributed by atoms with van der Waals surface area (Å²) in [6.45, 7) is 0.0104. The number of carbonyl (C=O) groups excluding carboxylic acids is 1. The minimum atomic E-state index is -0.615. The molecule has 0 aliphatic carbocycles. The normalized spacial score (nSPS) is 21.1. The number of ether oxygens (including phenoxy) is 1. The monoisotopic (exact) mass is 303 g/mol. The van der Waals surface area contributed by atoms with E-state index in [4.69, 9.17) is 9.15 Å². The Kier molecular flexibility index (Phi) is 4.13. The molecule has 6 nitrogen and oxygen atoms in total. The number of likely N-dealkylation sites (tertiary alicyclic amines) is 1. The third-order valence-electron chi connectivity index (χ3n) is 3.62. The van der Waals surface area contributed by atoms with Gasteiger partial charge in [-0.15, -0.1) is 0 Å². The molecule has 3 rings (SSSR count). The van der Waals surface area contributed by atoms with Crippen molar-refractivity contribution in [2.75, 3.05) is 13.2 Å². The van der Waals surface area contributed by atoms with Gasteiger partial charge < -0.3 is 24.3 Å². The highest BCUT2D eigenvalue weighted by atomic mass is 16.6. The van der Waals surface area contributed by atoms with Crippen molar-refractivity contribution in [3.63, 3.8) is 0 Å². The largest absolute Gasteiger partial charge is 0.426 e. The highest BCUT2D eigenvalue weighted by molar-refractivity contribution is 5.92. The van der Waals surface area contributed by atoms with Gasteiger partial charge in [0.2, 0.25) is 0 Å². The Balaban J connectivity index is 1.72. The zero-order valence-electron chi connectivity index (χ0n) is 11.9. The summed E-state index contributed by atoms with van der Waals surface area (Å²) in [4.78, 5) is 13.8. The smallest absolute Gasteiger partial charge is 0.290 e. The van der Waals surface area contributed by atoms with Crippen LogP contribution in [0.3, 0.4) is 0 Å². The zero-order valence-corrected chi connectivity index (χ0v) is 11.9. The number of β-amino-alcohol motifs (C(OH)–C–C–N with tert-alkyl or cyclic N) is 1. The molecule has 0 bridgehead atoms. The molecule has 1 aromatic heterocycles. The predicted molar refractivity (Wildman–Crippen MR) is 77.8 cm³/mol. The molecule has 6 heteroatoms. The van der Waals surface area contributed by atoms with Crippen LogP contribution in [0, 0.1) is 0 Å². The van der Waals surface area contributed by atoms with Crippen LogP contribution in [0.2, 0.25) is 0 Å². The third-order valence-corrected chi connectivity index (χ3v) is 3.62. The highest BCUT2D eigenvalue weighted by Crippen LogP contribution is 2.26. The topological polar surface area (TPSA) is 83.1 Å². The molecule has 2 aromatic rings. The SMILES string of the molecule is O=C(c1ccc(Oc2ccccc2)o1)N1C[C@@H](O)C[C@H]1CO. The first-order valence-corrected chi connectivity index (χ1v) is 7.10. The minimum absolute atomic E-state index is 0.124. The number of aliphatic hydroxyl groups excluding tert-OH is 2. The van der Waals surface area contributed by atoms with Gasteiger partial charge in [0, 0.05) is 12.6 Å². The first-order chi connectivity index (χ1) is 10.7.